The van der Waals surface area contributed by atoms with Crippen LogP contribution in [-0.2, 0) is 19.3 Å². The third-order valence-electron chi connectivity index (χ3n) is 6.17. The molecule has 4 heterocycles. The summed E-state index contributed by atoms with van der Waals surface area (Å²) in [5.41, 5.74) is 7.61. The lowest BCUT2D eigenvalue weighted by Gasteiger charge is -2.38. The summed E-state index contributed by atoms with van der Waals surface area (Å²) in [6, 6.07) is 17.4. The van der Waals surface area contributed by atoms with E-state index in [1.54, 1.807) is 22.7 Å². The van der Waals surface area contributed by atoms with Crippen LogP contribution in [0.1, 0.15) is 28.9 Å². The van der Waals surface area contributed by atoms with Crippen LogP contribution in [-0.4, -0.2) is 9.97 Å². The Morgan fingerprint density at radius 1 is 0.759 bits per heavy atom. The maximum absolute atomic E-state index is 4.99. The summed E-state index contributed by atoms with van der Waals surface area (Å²) in [5.74, 6) is 0. The number of allylic oxidation sites excluding steroid dienone is 1. The Morgan fingerprint density at radius 2 is 1.45 bits per heavy atom. The Hall–Kier alpha value is -2.56. The molecule has 1 spiro atoms. The van der Waals surface area contributed by atoms with E-state index in [9.17, 15) is 0 Å². The molecule has 0 aromatic carbocycles. The summed E-state index contributed by atoms with van der Waals surface area (Å²) in [6.07, 6.45) is 9.04. The number of hydrogen-bond acceptors (Lipinski definition) is 4. The van der Waals surface area contributed by atoms with Crippen molar-refractivity contribution in [1.82, 2.24) is 9.97 Å². The second-order valence-electron chi connectivity index (χ2n) is 8.05. The SMILES string of the molecule is C1=CC2(CCc3nc(-c4cccs4)ccc3C2)Cc2ccc(-c3cccs3)nc21. The van der Waals surface area contributed by atoms with E-state index in [0.29, 0.717) is 0 Å². The van der Waals surface area contributed by atoms with Gasteiger partial charge in [-0.3, -0.25) is 4.98 Å². The summed E-state index contributed by atoms with van der Waals surface area (Å²) in [7, 11) is 0. The molecule has 2 aliphatic rings. The van der Waals surface area contributed by atoms with Crippen LogP contribution in [0.5, 0.6) is 0 Å². The van der Waals surface area contributed by atoms with Crippen molar-refractivity contribution >= 4 is 28.7 Å². The minimum atomic E-state index is 0.207. The van der Waals surface area contributed by atoms with Crippen LogP contribution in [0.15, 0.2) is 65.4 Å². The topological polar surface area (TPSA) is 25.8 Å². The van der Waals surface area contributed by atoms with Crippen LogP contribution in [0, 0.1) is 5.41 Å². The molecule has 4 aromatic rings. The largest absolute Gasteiger partial charge is 0.252 e. The van der Waals surface area contributed by atoms with Crippen LogP contribution < -0.4 is 0 Å². The first-order chi connectivity index (χ1) is 14.3. The second-order valence-corrected chi connectivity index (χ2v) is 9.94. The van der Waals surface area contributed by atoms with Gasteiger partial charge in [-0.1, -0.05) is 30.3 Å². The summed E-state index contributed by atoms with van der Waals surface area (Å²) in [6.45, 7) is 0. The third kappa shape index (κ3) is 3.07. The van der Waals surface area contributed by atoms with Crippen molar-refractivity contribution in [2.75, 3.05) is 0 Å². The number of nitrogens with zero attached hydrogens (tertiary/aromatic N) is 2. The molecule has 6 rings (SSSR count). The second kappa shape index (κ2) is 6.75. The molecule has 0 radical (unpaired) electrons. The van der Waals surface area contributed by atoms with Gasteiger partial charge >= 0.3 is 0 Å². The number of aryl methyl sites for hydroxylation is 1. The molecule has 0 saturated heterocycles. The Labute approximate surface area is 178 Å². The fourth-order valence-electron chi connectivity index (χ4n) is 4.65. The Morgan fingerprint density at radius 3 is 2.17 bits per heavy atom. The standard InChI is InChI=1S/C25H20N2S2/c1-3-23(28-13-1)21-7-5-17-15-25(11-9-19(17)26-21)12-10-20-18(16-25)6-8-22(27-20)24-4-2-14-29-24/h1-9,11,13-14H,10,12,15-16H2. The van der Waals surface area contributed by atoms with E-state index in [1.807, 2.05) is 0 Å². The molecule has 1 unspecified atom stereocenters. The predicted molar refractivity (Wildman–Crippen MR) is 122 cm³/mol. The maximum atomic E-state index is 4.99. The van der Waals surface area contributed by atoms with Crippen molar-refractivity contribution in [1.29, 1.82) is 0 Å². The van der Waals surface area contributed by atoms with E-state index in [-0.39, 0.29) is 5.41 Å². The zero-order valence-corrected chi connectivity index (χ0v) is 17.6. The highest BCUT2D eigenvalue weighted by Crippen LogP contribution is 2.43. The molecule has 0 saturated carbocycles. The summed E-state index contributed by atoms with van der Waals surface area (Å²) in [4.78, 5) is 12.4. The van der Waals surface area contributed by atoms with Crippen molar-refractivity contribution in [2.24, 2.45) is 5.41 Å². The Kier molecular flexibility index (Phi) is 4.03. The molecule has 2 nitrogen and oxygen atoms in total. The lowest BCUT2D eigenvalue weighted by atomic mass is 9.67. The number of hydrogen-bond donors (Lipinski definition) is 0. The first kappa shape index (κ1) is 17.3. The smallest absolute Gasteiger partial charge is 0.0809 e. The van der Waals surface area contributed by atoms with Gasteiger partial charge in [-0.15, -0.1) is 22.7 Å². The van der Waals surface area contributed by atoms with Gasteiger partial charge in [0.25, 0.3) is 0 Å². The zero-order valence-electron chi connectivity index (χ0n) is 16.0. The van der Waals surface area contributed by atoms with E-state index in [0.717, 1.165) is 42.8 Å². The normalized spacial score (nSPS) is 19.9. The third-order valence-corrected chi connectivity index (χ3v) is 7.95. The molecule has 0 bridgehead atoms. The minimum absolute atomic E-state index is 0.207. The zero-order chi connectivity index (χ0) is 19.3. The van der Waals surface area contributed by atoms with Gasteiger partial charge in [0.1, 0.15) is 0 Å². The molecule has 1 atom stereocenters. The highest BCUT2D eigenvalue weighted by Gasteiger charge is 2.35. The molecular formula is C25H20N2S2. The van der Waals surface area contributed by atoms with Gasteiger partial charge in [-0.25, -0.2) is 4.98 Å². The molecule has 0 N–H and O–H groups in total. The monoisotopic (exact) mass is 412 g/mol. The summed E-state index contributed by atoms with van der Waals surface area (Å²) in [5, 5.41) is 4.23. The first-order valence-corrected chi connectivity index (χ1v) is 11.8. The number of aromatic nitrogens is 2. The average molecular weight is 413 g/mol. The molecule has 4 aromatic heterocycles. The predicted octanol–water partition coefficient (Wildman–Crippen LogP) is 6.68. The van der Waals surface area contributed by atoms with E-state index in [2.05, 4.69) is 71.4 Å². The molecule has 29 heavy (non-hydrogen) atoms. The van der Waals surface area contributed by atoms with Crippen LogP contribution in [0.4, 0.5) is 0 Å². The minimum Gasteiger partial charge on any atom is -0.252 e. The van der Waals surface area contributed by atoms with E-state index in [4.69, 9.17) is 9.97 Å². The molecule has 142 valence electrons. The first-order valence-electron chi connectivity index (χ1n) is 10.0. The number of fused-ring (bicyclic) bond motifs is 2. The van der Waals surface area contributed by atoms with Crippen molar-refractivity contribution in [3.05, 3.63) is 87.9 Å². The molecule has 4 heteroatoms. The van der Waals surface area contributed by atoms with E-state index < -0.39 is 0 Å². The summed E-state index contributed by atoms with van der Waals surface area (Å²) >= 11 is 3.51. The molecule has 0 aliphatic heterocycles. The van der Waals surface area contributed by atoms with E-state index in [1.165, 1.54) is 26.6 Å². The van der Waals surface area contributed by atoms with Crippen molar-refractivity contribution < 1.29 is 0 Å². The van der Waals surface area contributed by atoms with Gasteiger partial charge in [0, 0.05) is 5.69 Å². The lowest BCUT2D eigenvalue weighted by molar-refractivity contribution is 0.322. The van der Waals surface area contributed by atoms with Gasteiger partial charge in [-0.05, 0) is 83.3 Å². The molecule has 0 fully saturated rings. The number of rotatable bonds is 2. The number of pyridine rings is 2. The molecule has 0 amide bonds. The van der Waals surface area contributed by atoms with E-state index >= 15 is 0 Å². The van der Waals surface area contributed by atoms with Gasteiger partial charge in [0.15, 0.2) is 0 Å². The molecule has 2 aliphatic carbocycles. The Bertz CT molecular complexity index is 1210. The quantitative estimate of drug-likeness (QED) is 0.367. The van der Waals surface area contributed by atoms with Gasteiger partial charge in [-0.2, -0.15) is 0 Å². The van der Waals surface area contributed by atoms with Crippen LogP contribution in [0.25, 0.3) is 27.2 Å². The van der Waals surface area contributed by atoms with Gasteiger partial charge < -0.3 is 0 Å². The van der Waals surface area contributed by atoms with Crippen LogP contribution in [0.2, 0.25) is 0 Å². The Balaban J connectivity index is 1.29. The highest BCUT2D eigenvalue weighted by atomic mass is 32.1. The highest BCUT2D eigenvalue weighted by molar-refractivity contribution is 7.13. The van der Waals surface area contributed by atoms with Gasteiger partial charge in [0.2, 0.25) is 0 Å². The average Bonchev–Trinajstić information content (AvgIpc) is 3.47. The lowest BCUT2D eigenvalue weighted by Crippen LogP contribution is -2.31. The van der Waals surface area contributed by atoms with Crippen LogP contribution in [0.3, 0.4) is 0 Å². The van der Waals surface area contributed by atoms with Crippen LogP contribution >= 0.6 is 22.7 Å². The maximum Gasteiger partial charge on any atom is 0.0809 e. The molecular weight excluding hydrogens is 392 g/mol. The summed E-state index contributed by atoms with van der Waals surface area (Å²) < 4.78 is 0. The van der Waals surface area contributed by atoms with Crippen molar-refractivity contribution in [3.8, 4) is 21.1 Å². The fourth-order valence-corrected chi connectivity index (χ4v) is 6.04. The fraction of sp³-hybridized carbons (Fsp3) is 0.200. The number of thiophene rings is 2. The van der Waals surface area contributed by atoms with Crippen molar-refractivity contribution in [2.45, 2.75) is 25.7 Å². The van der Waals surface area contributed by atoms with Crippen molar-refractivity contribution in [3.63, 3.8) is 0 Å². The van der Waals surface area contributed by atoms with Gasteiger partial charge in [0.05, 0.1) is 26.8 Å².